The van der Waals surface area contributed by atoms with Crippen molar-refractivity contribution in [3.63, 3.8) is 0 Å². The molecule has 1 aromatic carbocycles. The zero-order valence-corrected chi connectivity index (χ0v) is 21.5. The van der Waals surface area contributed by atoms with Crippen molar-refractivity contribution in [1.29, 1.82) is 5.41 Å². The lowest BCUT2D eigenvalue weighted by Gasteiger charge is -2.24. The predicted octanol–water partition coefficient (Wildman–Crippen LogP) is 4.99. The minimum Gasteiger partial charge on any atom is -0.493 e. The number of hydrogen-bond donors (Lipinski definition) is 3. The molecule has 0 bridgehead atoms. The minimum atomic E-state index is -0.00683. The highest BCUT2D eigenvalue weighted by Gasteiger charge is 2.19. The molecule has 0 spiro atoms. The van der Waals surface area contributed by atoms with E-state index in [2.05, 4.69) is 52.2 Å². The van der Waals surface area contributed by atoms with Crippen molar-refractivity contribution < 1.29 is 17.1 Å². The molecule has 8 nitrogen and oxygen atoms in total. The average molecular weight is 464 g/mol. The van der Waals surface area contributed by atoms with E-state index in [0.717, 1.165) is 23.9 Å². The van der Waals surface area contributed by atoms with Crippen LogP contribution in [0.15, 0.2) is 12.1 Å². The van der Waals surface area contributed by atoms with E-state index < -0.39 is 0 Å². The first-order valence-electron chi connectivity index (χ1n) is 11.7. The number of hydrogen-bond acceptors (Lipinski definition) is 6. The predicted molar refractivity (Wildman–Crippen MR) is 137 cm³/mol. The smallest absolute Gasteiger partial charge is 0.220 e. The summed E-state index contributed by atoms with van der Waals surface area (Å²) in [4.78, 5) is 16.7. The molecular weight excluding hydrogens is 418 g/mol. The molecule has 1 heterocycles. The highest BCUT2D eigenvalue weighted by molar-refractivity contribution is 5.81. The van der Waals surface area contributed by atoms with E-state index in [1.807, 2.05) is 16.7 Å². The normalized spacial score (nSPS) is 12.6. The summed E-state index contributed by atoms with van der Waals surface area (Å²) in [6, 6.07) is 3.84. The quantitative estimate of drug-likeness (QED) is 0.408. The van der Waals surface area contributed by atoms with Gasteiger partial charge in [0.1, 0.15) is 0 Å². The maximum Gasteiger partial charge on any atom is 0.220 e. The Morgan fingerprint density at radius 1 is 1.12 bits per heavy atom. The Labute approximate surface area is 200 Å². The lowest BCUT2D eigenvalue weighted by Crippen LogP contribution is -2.30. The minimum absolute atomic E-state index is 0. The molecule has 1 aromatic heterocycles. The van der Waals surface area contributed by atoms with Crippen molar-refractivity contribution in [1.82, 2.24) is 14.9 Å². The Balaban J connectivity index is 0.00000578. The van der Waals surface area contributed by atoms with E-state index in [1.54, 1.807) is 14.2 Å². The van der Waals surface area contributed by atoms with Crippen LogP contribution < -0.4 is 25.6 Å². The largest absolute Gasteiger partial charge is 0.493 e. The molecule has 1 atom stereocenters. The number of anilines is 1. The van der Waals surface area contributed by atoms with Gasteiger partial charge in [-0.05, 0) is 31.1 Å². The van der Waals surface area contributed by atoms with E-state index in [9.17, 15) is 4.79 Å². The Bertz CT molecular complexity index is 1020. The number of rotatable bonds is 11. The number of fused-ring (bicyclic) bond motifs is 1. The van der Waals surface area contributed by atoms with Gasteiger partial charge in [-0.25, -0.2) is 4.98 Å². The fraction of sp³-hybridized carbons (Fsp3) is 0.640. The summed E-state index contributed by atoms with van der Waals surface area (Å²) in [6.07, 6.45) is 2.24. The average Bonchev–Trinajstić information content (AvgIpc) is 2.73. The number of nitrogens with one attached hydrogen (secondary N) is 3. The van der Waals surface area contributed by atoms with E-state index >= 15 is 0 Å². The van der Waals surface area contributed by atoms with Crippen LogP contribution in [-0.4, -0.2) is 42.8 Å². The van der Waals surface area contributed by atoms with Crippen molar-refractivity contribution in [2.75, 3.05) is 32.6 Å². The van der Waals surface area contributed by atoms with E-state index in [0.29, 0.717) is 48.2 Å². The number of carbonyl (C=O) groups is 1. The number of nitrogens with zero attached hydrogens (tertiary/aromatic N) is 2. The van der Waals surface area contributed by atoms with Crippen LogP contribution in [0.4, 0.5) is 5.82 Å². The number of amides is 1. The molecule has 0 aliphatic carbocycles. The second-order valence-corrected chi connectivity index (χ2v) is 10.1. The molecule has 2 aromatic rings. The topological polar surface area (TPSA) is 101 Å². The number of ether oxygens (including phenoxy) is 2. The molecule has 3 N–H and O–H groups in total. The Morgan fingerprint density at radius 3 is 2.30 bits per heavy atom. The van der Waals surface area contributed by atoms with Gasteiger partial charge in [-0.2, -0.15) is 0 Å². The lowest BCUT2D eigenvalue weighted by atomic mass is 9.92. The summed E-state index contributed by atoms with van der Waals surface area (Å²) in [5, 5.41) is 15.2. The van der Waals surface area contributed by atoms with E-state index in [1.165, 1.54) is 0 Å². The summed E-state index contributed by atoms with van der Waals surface area (Å²) in [5.41, 5.74) is 1.92. The number of unbranched alkanes of at least 4 members (excludes halogenated alkanes) is 1. The molecule has 2 rings (SSSR count). The monoisotopic (exact) mass is 463 g/mol. The fourth-order valence-corrected chi connectivity index (χ4v) is 3.62. The van der Waals surface area contributed by atoms with Crippen molar-refractivity contribution in [2.24, 2.45) is 11.3 Å². The molecular formula is C25H45N5O3. The first kappa shape index (κ1) is 26.5. The molecule has 8 heteroatoms. The number of carbonyl (C=O) groups excluding carboxylic acids is 1. The van der Waals surface area contributed by atoms with E-state index in [4.69, 9.17) is 19.9 Å². The van der Waals surface area contributed by atoms with Crippen LogP contribution in [0, 0.1) is 16.7 Å². The van der Waals surface area contributed by atoms with E-state index in [-0.39, 0.29) is 20.2 Å². The third-order valence-corrected chi connectivity index (χ3v) is 5.72. The number of benzene rings is 1. The van der Waals surface area contributed by atoms with Crippen molar-refractivity contribution in [2.45, 2.75) is 66.8 Å². The molecule has 0 aliphatic heterocycles. The van der Waals surface area contributed by atoms with Gasteiger partial charge in [0.25, 0.3) is 0 Å². The van der Waals surface area contributed by atoms with Gasteiger partial charge in [-0.1, -0.05) is 34.6 Å². The van der Waals surface area contributed by atoms with Gasteiger partial charge in [0, 0.05) is 40.5 Å². The summed E-state index contributed by atoms with van der Waals surface area (Å²) >= 11 is 0. The number of methoxy groups -OCH3 is 2. The molecule has 1 amide bonds. The first-order chi connectivity index (χ1) is 15.5. The van der Waals surface area contributed by atoms with Gasteiger partial charge in [-0.15, -0.1) is 0 Å². The zero-order valence-electron chi connectivity index (χ0n) is 21.5. The molecule has 0 radical (unpaired) electrons. The molecule has 0 aliphatic rings. The van der Waals surface area contributed by atoms with Gasteiger partial charge in [0.05, 0.1) is 25.3 Å². The maximum atomic E-state index is 12.0. The van der Waals surface area contributed by atoms with Crippen LogP contribution in [0.1, 0.15) is 69.7 Å². The molecule has 0 saturated heterocycles. The standard InChI is InChI=1S/C25H41N5O3.2H2/c1-16(2)17(3)30-19-14-21(33-8)20(32-7)13-18(19)29-24(23(30)26)28-12-10-9-11-27-22(31)15-25(4,5)6;;/h13-14,16-17,26H,9-12,15H2,1-8H3,(H,27,31)(H,28,29);2*1H. The Hall–Kier alpha value is -2.77. The third kappa shape index (κ3) is 7.11. The van der Waals surface area contributed by atoms with Gasteiger partial charge >= 0.3 is 0 Å². The van der Waals surface area contributed by atoms with Gasteiger partial charge in [0.15, 0.2) is 22.8 Å². The van der Waals surface area contributed by atoms with Crippen LogP contribution in [0.3, 0.4) is 0 Å². The molecule has 0 fully saturated rings. The van der Waals surface area contributed by atoms with Gasteiger partial charge < -0.3 is 24.7 Å². The molecule has 188 valence electrons. The highest BCUT2D eigenvalue weighted by atomic mass is 16.5. The summed E-state index contributed by atoms with van der Waals surface area (Å²) in [5.74, 6) is 2.19. The molecule has 33 heavy (non-hydrogen) atoms. The highest BCUT2D eigenvalue weighted by Crippen LogP contribution is 2.33. The van der Waals surface area contributed by atoms with Crippen LogP contribution in [0.2, 0.25) is 0 Å². The lowest BCUT2D eigenvalue weighted by molar-refractivity contribution is -0.122. The third-order valence-electron chi connectivity index (χ3n) is 5.72. The van der Waals surface area contributed by atoms with Gasteiger partial charge in [-0.3, -0.25) is 10.2 Å². The number of aromatic nitrogens is 2. The first-order valence-corrected chi connectivity index (χ1v) is 11.7. The van der Waals surface area contributed by atoms with Gasteiger partial charge in [0.2, 0.25) is 5.91 Å². The second-order valence-electron chi connectivity index (χ2n) is 10.1. The maximum absolute atomic E-state index is 12.0. The van der Waals surface area contributed by atoms with Crippen molar-refractivity contribution in [3.8, 4) is 11.5 Å². The summed E-state index contributed by atoms with van der Waals surface area (Å²) in [7, 11) is 3.21. The van der Waals surface area contributed by atoms with Crippen LogP contribution in [0.5, 0.6) is 11.5 Å². The van der Waals surface area contributed by atoms with Crippen LogP contribution in [-0.2, 0) is 4.79 Å². The van der Waals surface area contributed by atoms with Crippen LogP contribution >= 0.6 is 0 Å². The summed E-state index contributed by atoms with van der Waals surface area (Å²) in [6.45, 7) is 13.9. The Morgan fingerprint density at radius 2 is 1.73 bits per heavy atom. The Kier molecular flexibility index (Phi) is 9.14. The molecule has 0 saturated carbocycles. The SMILES string of the molecule is COc1cc2nc(NCCCCNC(=O)CC(C)(C)C)c(=N)n(C(C)C(C)C)c2cc1OC.[HH].[HH]. The second kappa shape index (κ2) is 11.4. The fourth-order valence-electron chi connectivity index (χ4n) is 3.62. The molecule has 1 unspecified atom stereocenters. The summed E-state index contributed by atoms with van der Waals surface area (Å²) < 4.78 is 12.9. The van der Waals surface area contributed by atoms with Crippen LogP contribution in [0.25, 0.3) is 11.0 Å². The van der Waals surface area contributed by atoms with Crippen molar-refractivity contribution in [3.05, 3.63) is 17.6 Å². The zero-order chi connectivity index (χ0) is 24.8. The van der Waals surface area contributed by atoms with Crippen molar-refractivity contribution >= 4 is 22.8 Å².